The summed E-state index contributed by atoms with van der Waals surface area (Å²) in [6, 6.07) is 10.5. The minimum atomic E-state index is -0.395. The van der Waals surface area contributed by atoms with Crippen molar-refractivity contribution in [1.29, 1.82) is 0 Å². The molecule has 1 saturated heterocycles. The van der Waals surface area contributed by atoms with E-state index in [-0.39, 0.29) is 11.6 Å². The number of rotatable bonds is 5. The Bertz CT molecular complexity index is 1110. The number of carbonyl (C=O) groups is 1. The lowest BCUT2D eigenvalue weighted by Crippen LogP contribution is -2.49. The molecule has 1 aromatic heterocycles. The molecule has 1 aliphatic rings. The van der Waals surface area contributed by atoms with Gasteiger partial charge >= 0.3 is 0 Å². The lowest BCUT2D eigenvalue weighted by Gasteiger charge is -2.34. The van der Waals surface area contributed by atoms with Gasteiger partial charge in [0.2, 0.25) is 5.91 Å². The van der Waals surface area contributed by atoms with E-state index in [1.54, 1.807) is 19.2 Å². The Kier molecular flexibility index (Phi) is 5.54. The molecule has 8 nitrogen and oxygen atoms in total. The summed E-state index contributed by atoms with van der Waals surface area (Å²) in [5, 5.41) is 11.8. The molecule has 0 spiro atoms. The highest BCUT2D eigenvalue weighted by Crippen LogP contribution is 2.32. The molecule has 1 aliphatic heterocycles. The third kappa shape index (κ3) is 4.06. The van der Waals surface area contributed by atoms with E-state index in [2.05, 4.69) is 9.88 Å². The summed E-state index contributed by atoms with van der Waals surface area (Å²) in [5.74, 6) is 0.931. The summed E-state index contributed by atoms with van der Waals surface area (Å²) in [6.07, 6.45) is 0.371. The molecule has 0 aliphatic carbocycles. The number of nitro benzene ring substituents is 1. The molecule has 1 amide bonds. The number of nitrogens with zero attached hydrogens (tertiary/aromatic N) is 4. The van der Waals surface area contributed by atoms with E-state index in [0.717, 1.165) is 32.2 Å². The van der Waals surface area contributed by atoms with Gasteiger partial charge in [-0.15, -0.1) is 0 Å². The topological polar surface area (TPSA) is 88.8 Å². The largest absolute Gasteiger partial charge is 0.496 e. The Morgan fingerprint density at radius 3 is 2.63 bits per heavy atom. The first-order valence-electron chi connectivity index (χ1n) is 9.66. The predicted octanol–water partition coefficient (Wildman–Crippen LogP) is 3.41. The van der Waals surface area contributed by atoms with E-state index >= 15 is 0 Å². The highest BCUT2D eigenvalue weighted by atomic mass is 32.1. The number of fused-ring (bicyclic) bond motifs is 1. The van der Waals surface area contributed by atoms with Gasteiger partial charge in [-0.1, -0.05) is 23.5 Å². The van der Waals surface area contributed by atoms with Gasteiger partial charge in [-0.2, -0.15) is 0 Å². The fraction of sp³-hybridized carbons (Fsp3) is 0.333. The standard InChI is InChI=1S/C21H22N4O4S/c1-14-11-15(3-6-18(14)29-2)12-20(26)23-7-9-24(10-8-23)21-22-17-5-4-16(25(27)28)13-19(17)30-21/h3-6,11,13H,7-10,12H2,1-2H3. The molecule has 4 rings (SSSR count). The van der Waals surface area contributed by atoms with Crippen molar-refractivity contribution in [2.24, 2.45) is 0 Å². The monoisotopic (exact) mass is 426 g/mol. The van der Waals surface area contributed by atoms with Crippen LogP contribution < -0.4 is 9.64 Å². The van der Waals surface area contributed by atoms with E-state index in [1.165, 1.54) is 17.4 Å². The van der Waals surface area contributed by atoms with Gasteiger partial charge in [-0.25, -0.2) is 4.98 Å². The molecule has 2 aromatic carbocycles. The molecule has 3 aromatic rings. The Hall–Kier alpha value is -3.20. The van der Waals surface area contributed by atoms with Gasteiger partial charge in [0, 0.05) is 38.3 Å². The van der Waals surface area contributed by atoms with Gasteiger partial charge in [0.05, 0.1) is 28.7 Å². The number of aryl methyl sites for hydroxylation is 1. The minimum absolute atomic E-state index is 0.0712. The first-order valence-corrected chi connectivity index (χ1v) is 10.5. The van der Waals surface area contributed by atoms with Crippen LogP contribution in [0.1, 0.15) is 11.1 Å². The molecule has 30 heavy (non-hydrogen) atoms. The number of amides is 1. The summed E-state index contributed by atoms with van der Waals surface area (Å²) in [5.41, 5.74) is 2.83. The van der Waals surface area contributed by atoms with E-state index in [0.29, 0.717) is 32.6 Å². The average Bonchev–Trinajstić information content (AvgIpc) is 3.17. The quantitative estimate of drug-likeness (QED) is 0.459. The summed E-state index contributed by atoms with van der Waals surface area (Å²) < 4.78 is 6.07. The highest BCUT2D eigenvalue weighted by Gasteiger charge is 2.23. The maximum Gasteiger partial charge on any atom is 0.270 e. The molecule has 156 valence electrons. The van der Waals surface area contributed by atoms with Gasteiger partial charge in [0.25, 0.3) is 5.69 Å². The number of non-ortho nitro benzene ring substituents is 1. The minimum Gasteiger partial charge on any atom is -0.496 e. The zero-order valence-electron chi connectivity index (χ0n) is 16.8. The maximum absolute atomic E-state index is 12.7. The Morgan fingerprint density at radius 2 is 1.97 bits per heavy atom. The van der Waals surface area contributed by atoms with E-state index in [1.807, 2.05) is 30.0 Å². The second kappa shape index (κ2) is 8.27. The Balaban J connectivity index is 1.38. The zero-order valence-corrected chi connectivity index (χ0v) is 17.6. The van der Waals surface area contributed by atoms with Gasteiger partial charge in [-0.3, -0.25) is 14.9 Å². The maximum atomic E-state index is 12.7. The fourth-order valence-corrected chi connectivity index (χ4v) is 4.68. The first kappa shape index (κ1) is 20.1. The van der Waals surface area contributed by atoms with Crippen LogP contribution in [0.25, 0.3) is 10.2 Å². The number of anilines is 1. The molecule has 0 N–H and O–H groups in total. The van der Waals surface area contributed by atoms with Crippen molar-refractivity contribution in [2.45, 2.75) is 13.3 Å². The SMILES string of the molecule is COc1ccc(CC(=O)N2CCN(c3nc4ccc([N+](=O)[O-])cc4s3)CC2)cc1C. The average molecular weight is 426 g/mol. The number of methoxy groups -OCH3 is 1. The normalized spacial score (nSPS) is 14.2. The fourth-order valence-electron chi connectivity index (χ4n) is 3.63. The van der Waals surface area contributed by atoms with Crippen LogP contribution in [0, 0.1) is 17.0 Å². The van der Waals surface area contributed by atoms with Gasteiger partial charge in [0.15, 0.2) is 5.13 Å². The third-order valence-electron chi connectivity index (χ3n) is 5.29. The van der Waals surface area contributed by atoms with Crippen molar-refractivity contribution >= 4 is 38.3 Å². The molecule has 1 fully saturated rings. The van der Waals surface area contributed by atoms with Crippen LogP contribution in [0.3, 0.4) is 0 Å². The predicted molar refractivity (Wildman–Crippen MR) is 117 cm³/mol. The van der Waals surface area contributed by atoms with Crippen molar-refractivity contribution in [3.8, 4) is 5.75 Å². The number of benzene rings is 2. The van der Waals surface area contributed by atoms with Crippen LogP contribution in [-0.4, -0.2) is 54.0 Å². The highest BCUT2D eigenvalue weighted by molar-refractivity contribution is 7.22. The zero-order chi connectivity index (χ0) is 21.3. The lowest BCUT2D eigenvalue weighted by atomic mass is 10.1. The van der Waals surface area contributed by atoms with Crippen molar-refractivity contribution in [1.82, 2.24) is 9.88 Å². The third-order valence-corrected chi connectivity index (χ3v) is 6.37. The molecule has 0 atom stereocenters. The Labute approximate surface area is 177 Å². The number of aromatic nitrogens is 1. The second-order valence-electron chi connectivity index (χ2n) is 7.25. The van der Waals surface area contributed by atoms with E-state index < -0.39 is 4.92 Å². The van der Waals surface area contributed by atoms with Crippen molar-refractivity contribution in [2.75, 3.05) is 38.2 Å². The molecule has 0 unspecified atom stereocenters. The van der Waals surface area contributed by atoms with Crippen molar-refractivity contribution in [3.05, 3.63) is 57.6 Å². The molecule has 0 radical (unpaired) electrons. The van der Waals surface area contributed by atoms with Crippen LogP contribution in [0.5, 0.6) is 5.75 Å². The van der Waals surface area contributed by atoms with Gasteiger partial charge in [0.1, 0.15) is 5.75 Å². The number of thiazole rings is 1. The number of ether oxygens (including phenoxy) is 1. The number of nitro groups is 1. The number of hydrogen-bond acceptors (Lipinski definition) is 7. The van der Waals surface area contributed by atoms with Crippen LogP contribution in [0.4, 0.5) is 10.8 Å². The van der Waals surface area contributed by atoms with E-state index in [9.17, 15) is 14.9 Å². The van der Waals surface area contributed by atoms with Crippen molar-refractivity contribution in [3.63, 3.8) is 0 Å². The first-order chi connectivity index (χ1) is 14.4. The van der Waals surface area contributed by atoms with Crippen LogP contribution in [0.15, 0.2) is 36.4 Å². The van der Waals surface area contributed by atoms with Gasteiger partial charge in [-0.05, 0) is 30.2 Å². The number of piperazine rings is 1. The summed E-state index contributed by atoms with van der Waals surface area (Å²) in [7, 11) is 1.64. The van der Waals surface area contributed by atoms with Crippen molar-refractivity contribution < 1.29 is 14.5 Å². The van der Waals surface area contributed by atoms with Crippen LogP contribution in [0.2, 0.25) is 0 Å². The van der Waals surface area contributed by atoms with Crippen LogP contribution >= 0.6 is 11.3 Å². The summed E-state index contributed by atoms with van der Waals surface area (Å²) in [4.78, 5) is 31.9. The summed E-state index contributed by atoms with van der Waals surface area (Å²) >= 11 is 1.45. The molecule has 9 heteroatoms. The smallest absolute Gasteiger partial charge is 0.270 e. The van der Waals surface area contributed by atoms with E-state index in [4.69, 9.17) is 4.74 Å². The van der Waals surface area contributed by atoms with Crippen LogP contribution in [-0.2, 0) is 11.2 Å². The molecule has 0 bridgehead atoms. The number of hydrogen-bond donors (Lipinski definition) is 0. The molecular weight excluding hydrogens is 404 g/mol. The van der Waals surface area contributed by atoms with Gasteiger partial charge < -0.3 is 14.5 Å². The summed E-state index contributed by atoms with van der Waals surface area (Å²) in [6.45, 7) is 4.61. The number of carbonyl (C=O) groups excluding carboxylic acids is 1. The Morgan fingerprint density at radius 1 is 1.20 bits per heavy atom. The lowest BCUT2D eigenvalue weighted by molar-refractivity contribution is -0.384. The molecule has 2 heterocycles. The molecule has 0 saturated carbocycles. The second-order valence-corrected chi connectivity index (χ2v) is 8.26. The molecular formula is C21H22N4O4S.